The Hall–Kier alpha value is -3.01. The second-order valence-corrected chi connectivity index (χ2v) is 7.70. The van der Waals surface area contributed by atoms with Crippen LogP contribution in [0.4, 0.5) is 14.9 Å². The molecule has 8 nitrogen and oxygen atoms in total. The monoisotopic (exact) mass is 427 g/mol. The number of hydrazine groups is 1. The third-order valence-corrected chi connectivity index (χ3v) is 5.80. The molecular weight excluding hydrogens is 401 g/mol. The summed E-state index contributed by atoms with van der Waals surface area (Å²) in [5, 5.41) is 0. The van der Waals surface area contributed by atoms with E-state index < -0.39 is 11.7 Å². The van der Waals surface area contributed by atoms with E-state index in [0.29, 0.717) is 30.4 Å². The molecule has 2 fully saturated rings. The van der Waals surface area contributed by atoms with Crippen molar-refractivity contribution >= 4 is 17.6 Å². The number of nitrogens with two attached hydrogens (primary N) is 1. The lowest BCUT2D eigenvalue weighted by Gasteiger charge is -2.43. The number of anilines is 1. The number of benzene rings is 2. The number of ether oxygens (including phenoxy) is 1. The Labute approximate surface area is 180 Å². The van der Waals surface area contributed by atoms with Crippen molar-refractivity contribution in [2.75, 3.05) is 44.3 Å². The number of carbonyl (C=O) groups excluding carboxylic acids is 2. The van der Waals surface area contributed by atoms with Gasteiger partial charge in [-0.25, -0.2) is 15.0 Å². The maximum atomic E-state index is 14.7. The maximum absolute atomic E-state index is 14.7. The Morgan fingerprint density at radius 1 is 1.10 bits per heavy atom. The molecule has 0 aliphatic carbocycles. The quantitative estimate of drug-likeness (QED) is 0.430. The fourth-order valence-corrected chi connectivity index (χ4v) is 3.83. The van der Waals surface area contributed by atoms with E-state index in [1.807, 2.05) is 35.8 Å². The highest BCUT2D eigenvalue weighted by Gasteiger charge is 2.32. The van der Waals surface area contributed by atoms with Crippen LogP contribution >= 0.6 is 0 Å². The highest BCUT2D eigenvalue weighted by Crippen LogP contribution is 2.22. The van der Waals surface area contributed by atoms with Gasteiger partial charge in [0.15, 0.2) is 0 Å². The second kappa shape index (κ2) is 9.42. The predicted octanol–water partition coefficient (Wildman–Crippen LogP) is 1.57. The summed E-state index contributed by atoms with van der Waals surface area (Å²) in [6.07, 6.45) is 0. The van der Waals surface area contributed by atoms with Gasteiger partial charge < -0.3 is 9.64 Å². The molecule has 0 aromatic heterocycles. The summed E-state index contributed by atoms with van der Waals surface area (Å²) in [5.41, 5.74) is 3.11. The fourth-order valence-electron chi connectivity index (χ4n) is 3.83. The lowest BCUT2D eigenvalue weighted by molar-refractivity contribution is -0.0738. The van der Waals surface area contributed by atoms with E-state index in [2.05, 4.69) is 4.90 Å². The molecule has 0 atom stereocenters. The highest BCUT2D eigenvalue weighted by atomic mass is 19.1. The van der Waals surface area contributed by atoms with Gasteiger partial charge in [0.1, 0.15) is 5.82 Å². The molecule has 164 valence electrons. The van der Waals surface area contributed by atoms with Gasteiger partial charge in [0, 0.05) is 43.0 Å². The van der Waals surface area contributed by atoms with Crippen molar-refractivity contribution in [3.8, 4) is 0 Å². The summed E-state index contributed by atoms with van der Waals surface area (Å²) >= 11 is 0. The van der Waals surface area contributed by atoms with Gasteiger partial charge in [-0.3, -0.25) is 20.0 Å². The number of rotatable bonds is 5. The van der Waals surface area contributed by atoms with Crippen molar-refractivity contribution in [2.24, 2.45) is 5.84 Å². The first-order valence-corrected chi connectivity index (χ1v) is 10.3. The minimum absolute atomic E-state index is 0.0515. The average Bonchev–Trinajstić information content (AvgIpc) is 2.77. The van der Waals surface area contributed by atoms with E-state index in [9.17, 15) is 14.0 Å². The van der Waals surface area contributed by atoms with Gasteiger partial charge in [0.2, 0.25) is 0 Å². The molecule has 2 saturated heterocycles. The molecule has 3 amide bonds. The number of nitrogens with zero attached hydrogens (tertiary/aromatic N) is 3. The molecule has 4 rings (SSSR count). The number of nitrogens with one attached hydrogen (secondary N) is 1. The zero-order chi connectivity index (χ0) is 21.8. The zero-order valence-electron chi connectivity index (χ0n) is 17.2. The second-order valence-electron chi connectivity index (χ2n) is 7.70. The highest BCUT2D eigenvalue weighted by molar-refractivity contribution is 5.94. The van der Waals surface area contributed by atoms with Crippen molar-refractivity contribution in [1.29, 1.82) is 0 Å². The van der Waals surface area contributed by atoms with E-state index in [1.54, 1.807) is 9.80 Å². The fraction of sp³-hybridized carbons (Fsp3) is 0.364. The summed E-state index contributed by atoms with van der Waals surface area (Å²) in [5.74, 6) is 3.98. The molecule has 31 heavy (non-hydrogen) atoms. The number of hydrogen-bond donors (Lipinski definition) is 2. The van der Waals surface area contributed by atoms with Crippen LogP contribution < -0.4 is 16.2 Å². The summed E-state index contributed by atoms with van der Waals surface area (Å²) in [4.78, 5) is 30.8. The van der Waals surface area contributed by atoms with Crippen LogP contribution in [0, 0.1) is 5.82 Å². The van der Waals surface area contributed by atoms with E-state index in [1.165, 1.54) is 12.1 Å². The number of piperazine rings is 1. The van der Waals surface area contributed by atoms with Gasteiger partial charge >= 0.3 is 6.03 Å². The summed E-state index contributed by atoms with van der Waals surface area (Å²) < 4.78 is 20.0. The number of amides is 3. The maximum Gasteiger partial charge on any atom is 0.324 e. The van der Waals surface area contributed by atoms with Crippen molar-refractivity contribution in [3.63, 3.8) is 0 Å². The largest absolute Gasteiger partial charge is 0.378 e. The molecule has 0 unspecified atom stereocenters. The minimum Gasteiger partial charge on any atom is -0.378 e. The number of nitrogen functional groups attached to an aromatic ring is 1. The van der Waals surface area contributed by atoms with Crippen molar-refractivity contribution in [2.45, 2.75) is 12.6 Å². The summed E-state index contributed by atoms with van der Waals surface area (Å²) in [6, 6.07) is 13.6. The zero-order valence-corrected chi connectivity index (χ0v) is 17.2. The Morgan fingerprint density at radius 2 is 1.81 bits per heavy atom. The van der Waals surface area contributed by atoms with E-state index in [-0.39, 0.29) is 18.1 Å². The van der Waals surface area contributed by atoms with Crippen molar-refractivity contribution in [1.82, 2.24) is 15.2 Å². The van der Waals surface area contributed by atoms with Crippen LogP contribution in [-0.4, -0.2) is 67.2 Å². The number of hydrogen-bond acceptors (Lipinski definition) is 5. The van der Waals surface area contributed by atoms with Crippen LogP contribution in [0.15, 0.2) is 48.5 Å². The molecule has 9 heteroatoms. The first-order valence-electron chi connectivity index (χ1n) is 10.3. The molecule has 2 aliphatic heterocycles. The van der Waals surface area contributed by atoms with Crippen LogP contribution in [0.2, 0.25) is 0 Å². The SMILES string of the molecule is NNC(=O)c1ccc(CN(C(=O)N2CCN(C3COC3)CC2)c2ccccc2)c(F)c1. The number of para-hydroxylation sites is 1. The van der Waals surface area contributed by atoms with Gasteiger partial charge in [0.05, 0.1) is 25.8 Å². The van der Waals surface area contributed by atoms with Crippen LogP contribution in [0.25, 0.3) is 0 Å². The van der Waals surface area contributed by atoms with Crippen LogP contribution in [0.3, 0.4) is 0 Å². The first kappa shape index (κ1) is 21.2. The molecule has 2 aromatic rings. The van der Waals surface area contributed by atoms with Crippen molar-refractivity contribution in [3.05, 3.63) is 65.5 Å². The van der Waals surface area contributed by atoms with Crippen molar-refractivity contribution < 1.29 is 18.7 Å². The Morgan fingerprint density at radius 3 is 2.39 bits per heavy atom. The molecule has 3 N–H and O–H groups in total. The van der Waals surface area contributed by atoms with E-state index in [4.69, 9.17) is 10.6 Å². The predicted molar refractivity (Wildman–Crippen MR) is 114 cm³/mol. The van der Waals surface area contributed by atoms with Crippen LogP contribution in [-0.2, 0) is 11.3 Å². The third-order valence-electron chi connectivity index (χ3n) is 5.80. The molecule has 0 spiro atoms. The van der Waals surface area contributed by atoms with E-state index >= 15 is 0 Å². The third kappa shape index (κ3) is 4.68. The normalized spacial score (nSPS) is 17.2. The van der Waals surface area contributed by atoms with Gasteiger partial charge in [-0.05, 0) is 24.3 Å². The number of urea groups is 1. The number of carbonyl (C=O) groups is 2. The van der Waals surface area contributed by atoms with Gasteiger partial charge in [-0.1, -0.05) is 24.3 Å². The molecule has 0 radical (unpaired) electrons. The van der Waals surface area contributed by atoms with Gasteiger partial charge in [-0.15, -0.1) is 0 Å². The molecule has 2 aromatic carbocycles. The Kier molecular flexibility index (Phi) is 6.45. The number of halogens is 1. The van der Waals surface area contributed by atoms with E-state index in [0.717, 1.165) is 32.4 Å². The smallest absolute Gasteiger partial charge is 0.324 e. The molecule has 2 heterocycles. The Balaban J connectivity index is 1.51. The standard InChI is InChI=1S/C22H26FN5O3/c23-20-12-16(21(29)25-24)6-7-17(20)13-28(18-4-2-1-3-5-18)22(30)27-10-8-26(9-11-27)19-14-31-15-19/h1-7,12,19H,8-11,13-15,24H2,(H,25,29). The van der Waals surface area contributed by atoms with Gasteiger partial charge in [-0.2, -0.15) is 0 Å². The average molecular weight is 427 g/mol. The first-order chi connectivity index (χ1) is 15.1. The lowest BCUT2D eigenvalue weighted by atomic mass is 10.1. The molecule has 0 bridgehead atoms. The topological polar surface area (TPSA) is 91.1 Å². The summed E-state index contributed by atoms with van der Waals surface area (Å²) in [7, 11) is 0. The van der Waals surface area contributed by atoms with Crippen LogP contribution in [0.1, 0.15) is 15.9 Å². The van der Waals surface area contributed by atoms with Crippen LogP contribution in [0.5, 0.6) is 0 Å². The Bertz CT molecular complexity index is 930. The summed E-state index contributed by atoms with van der Waals surface area (Å²) in [6.45, 7) is 4.35. The minimum atomic E-state index is -0.573. The molecule has 2 aliphatic rings. The lowest BCUT2D eigenvalue weighted by Crippen LogP contribution is -2.59. The van der Waals surface area contributed by atoms with Gasteiger partial charge in [0.25, 0.3) is 5.91 Å². The molecular formula is C22H26FN5O3. The molecule has 0 saturated carbocycles.